The lowest BCUT2D eigenvalue weighted by Gasteiger charge is -2.14. The minimum atomic E-state index is -2.81. The van der Waals surface area contributed by atoms with Crippen LogP contribution in [0.15, 0.2) is 30.3 Å². The van der Waals surface area contributed by atoms with Crippen LogP contribution in [0.2, 0.25) is 0 Å². The van der Waals surface area contributed by atoms with E-state index in [0.29, 0.717) is 5.75 Å². The van der Waals surface area contributed by atoms with Crippen molar-refractivity contribution in [2.45, 2.75) is 6.42 Å². The monoisotopic (exact) mass is 436 g/mol. The number of Topliss-reactive ketones (excluding diaryl/α,β-unsaturated/α-hetero) is 1. The third kappa shape index (κ3) is 4.94. The van der Waals surface area contributed by atoms with E-state index < -0.39 is 13.3 Å². The van der Waals surface area contributed by atoms with Crippen LogP contribution in [-0.2, 0) is 4.57 Å². The summed E-state index contributed by atoms with van der Waals surface area (Å²) in [5, 5.41) is 0. The van der Waals surface area contributed by atoms with Gasteiger partial charge in [-0.2, -0.15) is 0 Å². The zero-order valence-electron chi connectivity index (χ0n) is 17.6. The molecule has 0 spiro atoms. The molecule has 0 aliphatic rings. The average Bonchev–Trinajstić information content (AvgIpc) is 2.79. The first-order valence-electron chi connectivity index (χ1n) is 9.03. The third-order valence-electron chi connectivity index (χ3n) is 4.48. The van der Waals surface area contributed by atoms with Crippen LogP contribution in [0.25, 0.3) is 0 Å². The van der Waals surface area contributed by atoms with E-state index in [1.165, 1.54) is 35.5 Å². The highest BCUT2D eigenvalue weighted by molar-refractivity contribution is 7.64. The van der Waals surface area contributed by atoms with E-state index in [1.807, 2.05) is 0 Å². The summed E-state index contributed by atoms with van der Waals surface area (Å²) in [6, 6.07) is 7.96. The molecule has 0 bridgehead atoms. The summed E-state index contributed by atoms with van der Waals surface area (Å²) in [6.45, 7) is 0. The molecule has 0 N–H and O–H groups in total. The van der Waals surface area contributed by atoms with Gasteiger partial charge in [-0.25, -0.2) is 0 Å². The fourth-order valence-corrected chi connectivity index (χ4v) is 4.17. The number of hydrogen-bond acceptors (Lipinski definition) is 8. The van der Waals surface area contributed by atoms with Gasteiger partial charge in [0, 0.05) is 24.7 Å². The predicted octanol–water partition coefficient (Wildman–Crippen LogP) is 3.70. The van der Waals surface area contributed by atoms with Crippen LogP contribution in [0.1, 0.15) is 27.1 Å². The summed E-state index contributed by atoms with van der Waals surface area (Å²) >= 11 is 0. The average molecular weight is 436 g/mol. The summed E-state index contributed by atoms with van der Waals surface area (Å²) in [7, 11) is 4.34. The van der Waals surface area contributed by atoms with E-state index >= 15 is 0 Å². The summed E-state index contributed by atoms with van der Waals surface area (Å²) in [5.74, 6) is 1.18. The first-order chi connectivity index (χ1) is 14.4. The Morgan fingerprint density at radius 2 is 1.27 bits per heavy atom. The lowest BCUT2D eigenvalue weighted by atomic mass is 10.1. The van der Waals surface area contributed by atoms with Crippen LogP contribution in [0, 0.1) is 0 Å². The minimum absolute atomic E-state index is 0.109. The quantitative estimate of drug-likeness (QED) is 0.389. The highest BCUT2D eigenvalue weighted by atomic mass is 31.1. The number of hydrogen-bond donors (Lipinski definition) is 0. The van der Waals surface area contributed by atoms with Crippen molar-refractivity contribution in [3.63, 3.8) is 0 Å². The maximum atomic E-state index is 12.8. The Kier molecular flexibility index (Phi) is 8.30. The second-order valence-corrected chi connectivity index (χ2v) is 7.92. The molecule has 0 heterocycles. The SMILES string of the molecule is COc1cc(OC)c(C(=O)CC[PH](=O)C(=O)c2c(OC)cccc2OC)c(OC)c1. The van der Waals surface area contributed by atoms with Gasteiger partial charge < -0.3 is 28.2 Å². The van der Waals surface area contributed by atoms with Crippen molar-refractivity contribution in [2.24, 2.45) is 0 Å². The minimum Gasteiger partial charge on any atom is -0.496 e. The van der Waals surface area contributed by atoms with E-state index in [-0.39, 0.29) is 52.5 Å². The first kappa shape index (κ1) is 23.3. The fraction of sp³-hybridized carbons (Fsp3) is 0.333. The Balaban J connectivity index is 2.23. The number of benzene rings is 2. The van der Waals surface area contributed by atoms with Crippen LogP contribution in [0.5, 0.6) is 28.7 Å². The van der Waals surface area contributed by atoms with E-state index in [4.69, 9.17) is 23.7 Å². The van der Waals surface area contributed by atoms with Crippen LogP contribution >= 0.6 is 7.80 Å². The van der Waals surface area contributed by atoms with Crippen LogP contribution in [-0.4, -0.2) is 53.0 Å². The number of rotatable bonds is 11. The topological polar surface area (TPSA) is 97.4 Å². The highest BCUT2D eigenvalue weighted by Gasteiger charge is 2.25. The smallest absolute Gasteiger partial charge is 0.225 e. The van der Waals surface area contributed by atoms with Crippen molar-refractivity contribution in [1.82, 2.24) is 0 Å². The van der Waals surface area contributed by atoms with Gasteiger partial charge in [-0.05, 0) is 12.1 Å². The van der Waals surface area contributed by atoms with Crippen LogP contribution in [0.4, 0.5) is 0 Å². The number of carbonyl (C=O) groups is 2. The Morgan fingerprint density at radius 3 is 1.70 bits per heavy atom. The maximum absolute atomic E-state index is 12.8. The molecular weight excluding hydrogens is 411 g/mol. The summed E-state index contributed by atoms with van der Waals surface area (Å²) in [4.78, 5) is 25.6. The maximum Gasteiger partial charge on any atom is 0.225 e. The van der Waals surface area contributed by atoms with Crippen molar-refractivity contribution in [1.29, 1.82) is 0 Å². The molecule has 0 saturated carbocycles. The number of ketones is 1. The lowest BCUT2D eigenvalue weighted by molar-refractivity contribution is 0.0983. The highest BCUT2D eigenvalue weighted by Crippen LogP contribution is 2.39. The molecule has 0 radical (unpaired) electrons. The van der Waals surface area contributed by atoms with E-state index in [9.17, 15) is 14.2 Å². The number of methoxy groups -OCH3 is 5. The second-order valence-electron chi connectivity index (χ2n) is 6.12. The normalized spacial score (nSPS) is 11.4. The van der Waals surface area contributed by atoms with E-state index in [1.54, 1.807) is 30.3 Å². The van der Waals surface area contributed by atoms with Gasteiger partial charge in [-0.3, -0.25) is 9.59 Å². The lowest BCUT2D eigenvalue weighted by Crippen LogP contribution is -2.08. The van der Waals surface area contributed by atoms with Crippen molar-refractivity contribution >= 4 is 19.1 Å². The van der Waals surface area contributed by atoms with Crippen LogP contribution in [0.3, 0.4) is 0 Å². The number of carbonyl (C=O) groups excluding carboxylic acids is 2. The molecule has 9 heteroatoms. The van der Waals surface area contributed by atoms with Gasteiger partial charge >= 0.3 is 0 Å². The molecule has 0 fully saturated rings. The van der Waals surface area contributed by atoms with Gasteiger partial charge in [0.15, 0.2) is 5.78 Å². The van der Waals surface area contributed by atoms with Gasteiger partial charge in [0.05, 0.1) is 35.5 Å². The molecule has 1 unspecified atom stereocenters. The van der Waals surface area contributed by atoms with E-state index in [2.05, 4.69) is 0 Å². The van der Waals surface area contributed by atoms with Gasteiger partial charge in [0.1, 0.15) is 47.7 Å². The Bertz CT molecular complexity index is 907. The molecule has 0 amide bonds. The van der Waals surface area contributed by atoms with Gasteiger partial charge in [0.2, 0.25) is 5.52 Å². The van der Waals surface area contributed by atoms with Crippen LogP contribution < -0.4 is 23.7 Å². The molecule has 1 atom stereocenters. The number of ether oxygens (including phenoxy) is 5. The fourth-order valence-electron chi connectivity index (χ4n) is 2.96. The Hall–Kier alpha value is -2.99. The standard InChI is InChI=1S/C21H25O8P/c1-25-13-11-17(28-4)19(18(12-13)29-5)14(22)9-10-30(24)21(23)20-15(26-2)7-6-8-16(20)27-3/h6-8,11-12,30H,9-10H2,1-5H3. The summed E-state index contributed by atoms with van der Waals surface area (Å²) < 4.78 is 38.9. The molecule has 162 valence electrons. The largest absolute Gasteiger partial charge is 0.496 e. The third-order valence-corrected chi connectivity index (χ3v) is 5.94. The van der Waals surface area contributed by atoms with Gasteiger partial charge in [0.25, 0.3) is 0 Å². The molecular formula is C21H25O8P. The zero-order valence-corrected chi connectivity index (χ0v) is 18.6. The van der Waals surface area contributed by atoms with Crippen molar-refractivity contribution < 1.29 is 37.8 Å². The molecule has 0 aromatic heterocycles. The van der Waals surface area contributed by atoms with Crippen molar-refractivity contribution in [2.75, 3.05) is 41.7 Å². The second kappa shape index (κ2) is 10.7. The first-order valence-corrected chi connectivity index (χ1v) is 10.6. The zero-order chi connectivity index (χ0) is 22.3. The molecule has 2 aromatic carbocycles. The molecule has 0 aliphatic carbocycles. The molecule has 0 saturated heterocycles. The Morgan fingerprint density at radius 1 is 0.767 bits per heavy atom. The molecule has 8 nitrogen and oxygen atoms in total. The van der Waals surface area contributed by atoms with Gasteiger partial charge in [-0.1, -0.05) is 6.07 Å². The van der Waals surface area contributed by atoms with Crippen molar-refractivity contribution in [3.05, 3.63) is 41.5 Å². The molecule has 2 aromatic rings. The summed E-state index contributed by atoms with van der Waals surface area (Å²) in [5.41, 5.74) is -0.285. The molecule has 0 aliphatic heterocycles. The predicted molar refractivity (Wildman–Crippen MR) is 113 cm³/mol. The Labute approximate surface area is 175 Å². The van der Waals surface area contributed by atoms with E-state index in [0.717, 1.165) is 0 Å². The molecule has 30 heavy (non-hydrogen) atoms. The summed E-state index contributed by atoms with van der Waals surface area (Å²) in [6.07, 6.45) is -0.234. The van der Waals surface area contributed by atoms with Gasteiger partial charge in [-0.15, -0.1) is 0 Å². The van der Waals surface area contributed by atoms with Crippen molar-refractivity contribution in [3.8, 4) is 28.7 Å². The molecule has 2 rings (SSSR count).